The Balaban J connectivity index is 4.17. The minimum atomic E-state index is -1.50. The van der Waals surface area contributed by atoms with Gasteiger partial charge in [0.1, 0.15) is 0 Å². The standard InChI is InChI=1S/C5H6O4/c1-3(6)2-4(7)5(8)9/h2,7H,1H3,(H,8,9)/b4-2+. The van der Waals surface area contributed by atoms with Gasteiger partial charge < -0.3 is 10.2 Å². The normalized spacial score (nSPS) is 11.0. The number of carbonyl (C=O) groups excluding carboxylic acids is 1. The molecule has 0 atom stereocenters. The lowest BCUT2D eigenvalue weighted by atomic mass is 10.3. The number of carbonyl (C=O) groups is 2. The van der Waals surface area contributed by atoms with Crippen LogP contribution in [0.25, 0.3) is 0 Å². The summed E-state index contributed by atoms with van der Waals surface area (Å²) in [7, 11) is 0. The maximum absolute atomic E-state index is 10.1. The van der Waals surface area contributed by atoms with Gasteiger partial charge in [-0.3, -0.25) is 4.79 Å². The van der Waals surface area contributed by atoms with E-state index in [-0.39, 0.29) is 0 Å². The largest absolute Gasteiger partial charge is 0.502 e. The molecule has 4 nitrogen and oxygen atoms in total. The van der Waals surface area contributed by atoms with Crippen molar-refractivity contribution >= 4 is 11.8 Å². The lowest BCUT2D eigenvalue weighted by Gasteiger charge is -1.86. The van der Waals surface area contributed by atoms with E-state index in [1.165, 1.54) is 0 Å². The van der Waals surface area contributed by atoms with Gasteiger partial charge >= 0.3 is 5.97 Å². The molecule has 0 aromatic carbocycles. The van der Waals surface area contributed by atoms with E-state index in [0.717, 1.165) is 6.92 Å². The number of aliphatic hydroxyl groups is 1. The zero-order valence-corrected chi connectivity index (χ0v) is 4.79. The average molecular weight is 130 g/mol. The topological polar surface area (TPSA) is 74.6 Å². The maximum atomic E-state index is 10.1. The Bertz CT molecular complexity index is 168. The molecule has 0 amide bonds. The van der Waals surface area contributed by atoms with E-state index in [0.29, 0.717) is 6.08 Å². The number of aliphatic carboxylic acids is 1. The number of ketones is 1. The fourth-order valence-corrected chi connectivity index (χ4v) is 0.254. The number of carboxylic acid groups (broad SMARTS) is 1. The van der Waals surface area contributed by atoms with Crippen LogP contribution >= 0.6 is 0 Å². The van der Waals surface area contributed by atoms with E-state index in [4.69, 9.17) is 10.2 Å². The summed E-state index contributed by atoms with van der Waals surface area (Å²) in [5.74, 6) is -2.91. The molecule has 2 N–H and O–H groups in total. The Morgan fingerprint density at radius 3 is 1.89 bits per heavy atom. The van der Waals surface area contributed by atoms with E-state index >= 15 is 0 Å². The summed E-state index contributed by atoms with van der Waals surface area (Å²) in [6, 6.07) is 0. The Labute approximate surface area is 51.4 Å². The highest BCUT2D eigenvalue weighted by atomic mass is 16.4. The number of hydrogen-bond acceptors (Lipinski definition) is 3. The fourth-order valence-electron chi connectivity index (χ4n) is 0.254. The number of aliphatic hydroxyl groups excluding tert-OH is 1. The lowest BCUT2D eigenvalue weighted by molar-refractivity contribution is -0.135. The molecule has 0 spiro atoms. The number of rotatable bonds is 2. The lowest BCUT2D eigenvalue weighted by Crippen LogP contribution is -2.00. The first-order valence-electron chi connectivity index (χ1n) is 2.18. The third kappa shape index (κ3) is 3.28. The molecule has 0 saturated carbocycles. The molecule has 0 saturated heterocycles. The molecule has 0 aromatic rings. The summed E-state index contributed by atoms with van der Waals surface area (Å²) in [6.45, 7) is 1.15. The summed E-state index contributed by atoms with van der Waals surface area (Å²) < 4.78 is 0. The van der Waals surface area contributed by atoms with Gasteiger partial charge in [-0.05, 0) is 6.92 Å². The smallest absolute Gasteiger partial charge is 0.371 e. The van der Waals surface area contributed by atoms with Crippen molar-refractivity contribution in [3.8, 4) is 0 Å². The molecule has 0 aromatic heterocycles. The summed E-state index contributed by atoms with van der Waals surface area (Å²) in [5, 5.41) is 16.3. The average Bonchev–Trinajstić information content (AvgIpc) is 1.63. The first-order chi connectivity index (χ1) is 4.04. The van der Waals surface area contributed by atoms with Crippen molar-refractivity contribution in [2.24, 2.45) is 0 Å². The van der Waals surface area contributed by atoms with Gasteiger partial charge in [-0.1, -0.05) is 0 Å². The number of carboxylic acids is 1. The SMILES string of the molecule is CC(=O)/C=C(/O)C(=O)O. The zero-order valence-electron chi connectivity index (χ0n) is 4.79. The highest BCUT2D eigenvalue weighted by Crippen LogP contribution is 1.86. The van der Waals surface area contributed by atoms with Gasteiger partial charge in [0.05, 0.1) is 0 Å². The molecule has 0 rings (SSSR count). The van der Waals surface area contributed by atoms with Gasteiger partial charge in [0.25, 0.3) is 0 Å². The second-order valence-corrected chi connectivity index (χ2v) is 1.45. The molecule has 0 bridgehead atoms. The van der Waals surface area contributed by atoms with Crippen LogP contribution in [-0.4, -0.2) is 22.0 Å². The van der Waals surface area contributed by atoms with Crippen molar-refractivity contribution in [3.63, 3.8) is 0 Å². The molecule has 4 heteroatoms. The van der Waals surface area contributed by atoms with Gasteiger partial charge in [-0.15, -0.1) is 0 Å². The van der Waals surface area contributed by atoms with Crippen LogP contribution in [0.1, 0.15) is 6.92 Å². The Morgan fingerprint density at radius 1 is 1.33 bits per heavy atom. The third-order valence-corrected chi connectivity index (χ3v) is 0.559. The molecule has 0 fully saturated rings. The van der Waals surface area contributed by atoms with Crippen LogP contribution in [-0.2, 0) is 9.59 Å². The molecule has 0 heterocycles. The van der Waals surface area contributed by atoms with E-state index in [9.17, 15) is 9.59 Å². The van der Waals surface area contributed by atoms with E-state index in [1.54, 1.807) is 0 Å². The van der Waals surface area contributed by atoms with Crippen molar-refractivity contribution in [2.75, 3.05) is 0 Å². The summed E-state index contributed by atoms with van der Waals surface area (Å²) in [5.41, 5.74) is 0. The molecule has 0 aliphatic carbocycles. The van der Waals surface area contributed by atoms with Gasteiger partial charge in [-0.25, -0.2) is 4.79 Å². The summed E-state index contributed by atoms with van der Waals surface area (Å²) in [4.78, 5) is 19.8. The zero-order chi connectivity index (χ0) is 7.44. The van der Waals surface area contributed by atoms with Gasteiger partial charge in [0, 0.05) is 6.08 Å². The predicted octanol–water partition coefficient (Wildman–Crippen LogP) is 0.102. The molecular weight excluding hydrogens is 124 g/mol. The molecule has 0 radical (unpaired) electrons. The second kappa shape index (κ2) is 2.86. The quantitative estimate of drug-likeness (QED) is 0.410. The van der Waals surface area contributed by atoms with Gasteiger partial charge in [0.15, 0.2) is 5.78 Å². The molecule has 50 valence electrons. The second-order valence-electron chi connectivity index (χ2n) is 1.45. The molecule has 9 heavy (non-hydrogen) atoms. The first kappa shape index (κ1) is 7.68. The minimum absolute atomic E-state index is 0.491. The van der Waals surface area contributed by atoms with E-state index in [2.05, 4.69) is 0 Å². The summed E-state index contributed by atoms with van der Waals surface area (Å²) in [6.07, 6.45) is 0.641. The van der Waals surface area contributed by atoms with Crippen LogP contribution in [0, 0.1) is 0 Å². The maximum Gasteiger partial charge on any atom is 0.371 e. The molecular formula is C5H6O4. The highest BCUT2D eigenvalue weighted by Gasteiger charge is 2.02. The third-order valence-electron chi connectivity index (χ3n) is 0.559. The van der Waals surface area contributed by atoms with Crippen LogP contribution in [0.4, 0.5) is 0 Å². The predicted molar refractivity (Wildman–Crippen MR) is 29.0 cm³/mol. The van der Waals surface area contributed by atoms with Crippen LogP contribution in [0.5, 0.6) is 0 Å². The first-order valence-corrected chi connectivity index (χ1v) is 2.18. The van der Waals surface area contributed by atoms with Crippen molar-refractivity contribution in [1.82, 2.24) is 0 Å². The fraction of sp³-hybridized carbons (Fsp3) is 0.200. The van der Waals surface area contributed by atoms with Crippen LogP contribution in [0.2, 0.25) is 0 Å². The van der Waals surface area contributed by atoms with Crippen LogP contribution < -0.4 is 0 Å². The van der Waals surface area contributed by atoms with Crippen molar-refractivity contribution < 1.29 is 19.8 Å². The molecule has 0 unspecified atom stereocenters. The van der Waals surface area contributed by atoms with Crippen LogP contribution in [0.15, 0.2) is 11.8 Å². The Hall–Kier alpha value is -1.32. The summed E-state index contributed by atoms with van der Waals surface area (Å²) >= 11 is 0. The Kier molecular flexibility index (Phi) is 2.44. The Morgan fingerprint density at radius 2 is 1.78 bits per heavy atom. The van der Waals surface area contributed by atoms with E-state index < -0.39 is 17.5 Å². The highest BCUT2D eigenvalue weighted by molar-refractivity contribution is 5.95. The number of hydrogen-bond donors (Lipinski definition) is 2. The van der Waals surface area contributed by atoms with Crippen molar-refractivity contribution in [3.05, 3.63) is 11.8 Å². The monoisotopic (exact) mass is 130 g/mol. The van der Waals surface area contributed by atoms with Crippen LogP contribution in [0.3, 0.4) is 0 Å². The van der Waals surface area contributed by atoms with Gasteiger partial charge in [0.2, 0.25) is 5.76 Å². The van der Waals surface area contributed by atoms with Crippen molar-refractivity contribution in [1.29, 1.82) is 0 Å². The molecule has 0 aliphatic heterocycles. The van der Waals surface area contributed by atoms with E-state index in [1.807, 2.05) is 0 Å². The van der Waals surface area contributed by atoms with Gasteiger partial charge in [-0.2, -0.15) is 0 Å². The molecule has 0 aliphatic rings. The minimum Gasteiger partial charge on any atom is -0.502 e. The number of allylic oxidation sites excluding steroid dienone is 1. The van der Waals surface area contributed by atoms with Crippen molar-refractivity contribution in [2.45, 2.75) is 6.92 Å².